The van der Waals surface area contributed by atoms with Gasteiger partial charge in [-0.3, -0.25) is 0 Å². The van der Waals surface area contributed by atoms with Crippen LogP contribution < -0.4 is 0 Å². The topological polar surface area (TPSA) is 40.5 Å². The molecule has 0 bridgehead atoms. The summed E-state index contributed by atoms with van der Waals surface area (Å²) in [4.78, 5) is 4.01. The normalized spacial score (nSPS) is 12.1. The molecule has 0 atom stereocenters. The summed E-state index contributed by atoms with van der Waals surface area (Å²) in [6.45, 7) is 8.24. The van der Waals surface area contributed by atoms with Gasteiger partial charge in [-0.05, 0) is 78.4 Å². The molecule has 0 saturated heterocycles. The lowest BCUT2D eigenvalue weighted by atomic mass is 10.0. The number of fused-ring (bicyclic) bond motifs is 14. The molecule has 0 aliphatic carbocycles. The van der Waals surface area contributed by atoms with Crippen LogP contribution >= 0.6 is 0 Å². The molecule has 12 aromatic rings. The number of nitrogens with zero attached hydrogens (tertiary/aromatic N) is 3. The van der Waals surface area contributed by atoms with Crippen LogP contribution in [0, 0.1) is 6.57 Å². The van der Waals surface area contributed by atoms with Crippen molar-refractivity contribution in [1.29, 1.82) is 0 Å². The first-order valence-corrected chi connectivity index (χ1v) is 18.0. The van der Waals surface area contributed by atoms with Crippen molar-refractivity contribution in [3.05, 3.63) is 175 Å². The van der Waals surface area contributed by atoms with E-state index in [0.717, 1.165) is 110 Å². The van der Waals surface area contributed by atoms with Gasteiger partial charge in [0.1, 0.15) is 22.3 Å². The SMILES string of the molecule is [C-]#[N+]c1cc(-c2ccccc2-n2c3ccccc3c3c4oc5ccccc5c4ccc32)cc(-n2c3ccccc3c3c4oc5ccccc5c4ccc32)c1. The van der Waals surface area contributed by atoms with Gasteiger partial charge in [-0.2, -0.15) is 0 Å². The van der Waals surface area contributed by atoms with Crippen LogP contribution in [0.3, 0.4) is 0 Å². The number of rotatable bonds is 3. The minimum absolute atomic E-state index is 0.569. The van der Waals surface area contributed by atoms with Crippen molar-refractivity contribution >= 4 is 93.2 Å². The van der Waals surface area contributed by atoms with Crippen LogP contribution in [0.1, 0.15) is 0 Å². The predicted octanol–water partition coefficient (Wildman–Crippen LogP) is 13.9. The monoisotopic (exact) mass is 689 g/mol. The summed E-state index contributed by atoms with van der Waals surface area (Å²) >= 11 is 0. The van der Waals surface area contributed by atoms with Crippen molar-refractivity contribution in [2.45, 2.75) is 0 Å². The van der Waals surface area contributed by atoms with Crippen LogP contribution in [-0.4, -0.2) is 9.13 Å². The minimum atomic E-state index is 0.569. The number of hydrogen-bond acceptors (Lipinski definition) is 2. The zero-order valence-electron chi connectivity index (χ0n) is 28.7. The van der Waals surface area contributed by atoms with Crippen LogP contribution in [0.5, 0.6) is 0 Å². The Labute approximate surface area is 307 Å². The van der Waals surface area contributed by atoms with Crippen molar-refractivity contribution in [1.82, 2.24) is 9.13 Å². The summed E-state index contributed by atoms with van der Waals surface area (Å²) in [5.74, 6) is 0. The number of aromatic nitrogens is 2. The molecule has 54 heavy (non-hydrogen) atoms. The molecule has 0 spiro atoms. The second kappa shape index (κ2) is 10.7. The highest BCUT2D eigenvalue weighted by atomic mass is 16.3. The maximum atomic E-state index is 8.24. The molecule has 0 N–H and O–H groups in total. The molecule has 8 aromatic carbocycles. The lowest BCUT2D eigenvalue weighted by molar-refractivity contribution is 0.672. The van der Waals surface area contributed by atoms with E-state index >= 15 is 0 Å². The average Bonchev–Trinajstić information content (AvgIpc) is 3.98. The molecule has 12 rings (SSSR count). The minimum Gasteiger partial charge on any atom is -0.455 e. The maximum absolute atomic E-state index is 8.24. The number of benzene rings is 8. The molecule has 0 fully saturated rings. The number of para-hydroxylation sites is 5. The summed E-state index contributed by atoms with van der Waals surface area (Å²) in [6.07, 6.45) is 0. The molecule has 5 nitrogen and oxygen atoms in total. The summed E-state index contributed by atoms with van der Waals surface area (Å²) in [5, 5.41) is 8.81. The van der Waals surface area contributed by atoms with E-state index in [1.165, 1.54) is 0 Å². The zero-order chi connectivity index (χ0) is 35.5. The Morgan fingerprint density at radius 3 is 1.57 bits per heavy atom. The van der Waals surface area contributed by atoms with Crippen LogP contribution in [0.25, 0.3) is 115 Å². The van der Waals surface area contributed by atoms with Gasteiger partial charge in [0.2, 0.25) is 0 Å². The molecule has 0 aliphatic rings. The van der Waals surface area contributed by atoms with Gasteiger partial charge in [0.25, 0.3) is 0 Å². The molecule has 0 amide bonds. The third-order valence-electron chi connectivity index (χ3n) is 11.1. The van der Waals surface area contributed by atoms with Crippen LogP contribution in [0.2, 0.25) is 0 Å². The van der Waals surface area contributed by atoms with E-state index < -0.39 is 0 Å². The van der Waals surface area contributed by atoms with E-state index in [9.17, 15) is 0 Å². The molecule has 4 aromatic heterocycles. The first-order valence-electron chi connectivity index (χ1n) is 18.0. The second-order valence-electron chi connectivity index (χ2n) is 13.9. The van der Waals surface area contributed by atoms with Gasteiger partial charge < -0.3 is 18.0 Å². The molecular weight excluding hydrogens is 663 g/mol. The van der Waals surface area contributed by atoms with Crippen LogP contribution in [0.4, 0.5) is 5.69 Å². The van der Waals surface area contributed by atoms with Crippen molar-refractivity contribution in [3.8, 4) is 22.5 Å². The number of hydrogen-bond donors (Lipinski definition) is 0. The van der Waals surface area contributed by atoms with E-state index in [1.807, 2.05) is 36.4 Å². The first kappa shape index (κ1) is 29.1. The fraction of sp³-hybridized carbons (Fsp3) is 0. The molecule has 4 heterocycles. The maximum Gasteiger partial charge on any atom is 0.189 e. The predicted molar refractivity (Wildman–Crippen MR) is 221 cm³/mol. The molecule has 0 radical (unpaired) electrons. The third-order valence-corrected chi connectivity index (χ3v) is 11.1. The van der Waals surface area contributed by atoms with E-state index in [1.54, 1.807) is 0 Å². The smallest absolute Gasteiger partial charge is 0.189 e. The highest BCUT2D eigenvalue weighted by Crippen LogP contribution is 2.44. The fourth-order valence-corrected chi connectivity index (χ4v) is 8.86. The Morgan fingerprint density at radius 1 is 0.426 bits per heavy atom. The zero-order valence-corrected chi connectivity index (χ0v) is 28.7. The average molecular weight is 690 g/mol. The Balaban J connectivity index is 1.13. The molecule has 0 unspecified atom stereocenters. The van der Waals surface area contributed by atoms with E-state index in [2.05, 4.69) is 141 Å². The Bertz CT molecular complexity index is 3590. The third kappa shape index (κ3) is 3.86. The Morgan fingerprint density at radius 2 is 0.944 bits per heavy atom. The van der Waals surface area contributed by atoms with Gasteiger partial charge in [0, 0.05) is 43.6 Å². The summed E-state index contributed by atoms with van der Waals surface area (Å²) < 4.78 is 17.8. The van der Waals surface area contributed by atoms with Gasteiger partial charge in [0.15, 0.2) is 5.69 Å². The largest absolute Gasteiger partial charge is 0.455 e. The summed E-state index contributed by atoms with van der Waals surface area (Å²) in [5.41, 5.74) is 12.3. The molecule has 0 saturated carbocycles. The fourth-order valence-electron chi connectivity index (χ4n) is 8.86. The van der Waals surface area contributed by atoms with Crippen molar-refractivity contribution < 1.29 is 8.83 Å². The lowest BCUT2D eigenvalue weighted by Gasteiger charge is -2.16. The van der Waals surface area contributed by atoms with Gasteiger partial charge in [-0.25, -0.2) is 4.85 Å². The van der Waals surface area contributed by atoms with E-state index in [-0.39, 0.29) is 0 Å². The lowest BCUT2D eigenvalue weighted by Crippen LogP contribution is -1.98. The summed E-state index contributed by atoms with van der Waals surface area (Å²) in [7, 11) is 0. The van der Waals surface area contributed by atoms with Gasteiger partial charge in [-0.1, -0.05) is 91.0 Å². The first-order chi connectivity index (χ1) is 26.7. The van der Waals surface area contributed by atoms with Crippen LogP contribution in [0.15, 0.2) is 173 Å². The number of furan rings is 2. The van der Waals surface area contributed by atoms with Gasteiger partial charge in [-0.15, -0.1) is 0 Å². The Kier molecular flexibility index (Phi) is 5.78. The van der Waals surface area contributed by atoms with Gasteiger partial charge >= 0.3 is 0 Å². The van der Waals surface area contributed by atoms with Crippen LogP contribution in [-0.2, 0) is 0 Å². The molecular formula is C49H27N3O2. The van der Waals surface area contributed by atoms with Crippen molar-refractivity contribution in [2.24, 2.45) is 0 Å². The van der Waals surface area contributed by atoms with Crippen molar-refractivity contribution in [3.63, 3.8) is 0 Å². The van der Waals surface area contributed by atoms with E-state index in [0.29, 0.717) is 5.69 Å². The van der Waals surface area contributed by atoms with Crippen molar-refractivity contribution in [2.75, 3.05) is 0 Å². The summed E-state index contributed by atoms with van der Waals surface area (Å²) in [6, 6.07) is 56.9. The standard InChI is InChI=1S/C49H27N3O2/c1-50-30-26-29(27-31(28-30)51-40-18-8-3-15-37(40)46-42(51)24-22-35-33-13-5-10-20-44(33)53-48(35)46)32-12-2-7-17-39(32)52-41-19-9-4-16-38(41)47-43(52)25-23-36-34-14-6-11-21-45(34)54-49(36)47/h2-28H. The van der Waals surface area contributed by atoms with E-state index in [4.69, 9.17) is 15.4 Å². The Hall–Kier alpha value is -7.55. The molecule has 0 aliphatic heterocycles. The molecule has 250 valence electrons. The highest BCUT2D eigenvalue weighted by molar-refractivity contribution is 6.25. The second-order valence-corrected chi connectivity index (χ2v) is 13.9. The highest BCUT2D eigenvalue weighted by Gasteiger charge is 2.22. The van der Waals surface area contributed by atoms with Gasteiger partial charge in [0.05, 0.1) is 45.1 Å². The quantitative estimate of drug-likeness (QED) is 0.173. The molecule has 5 heteroatoms.